The number of sulfonamides is 1. The van der Waals surface area contributed by atoms with Crippen LogP contribution < -0.4 is 4.72 Å². The lowest BCUT2D eigenvalue weighted by atomic mass is 10.2. The fourth-order valence-electron chi connectivity index (χ4n) is 1.64. The number of nitrogens with one attached hydrogen (secondary N) is 1. The number of benzene rings is 1. The van der Waals surface area contributed by atoms with E-state index in [-0.39, 0.29) is 11.5 Å². The molecule has 0 saturated heterocycles. The van der Waals surface area contributed by atoms with Crippen LogP contribution in [0.1, 0.15) is 11.1 Å². The van der Waals surface area contributed by atoms with Gasteiger partial charge < -0.3 is 5.11 Å². The molecule has 0 aliphatic rings. The Morgan fingerprint density at radius 2 is 2.10 bits per heavy atom. The molecule has 0 atom stereocenters. The Balaban J connectivity index is 2.43. The van der Waals surface area contributed by atoms with Crippen LogP contribution in [0.25, 0.3) is 0 Å². The van der Waals surface area contributed by atoms with Crippen LogP contribution in [0.5, 0.6) is 0 Å². The molecule has 0 amide bonds. The van der Waals surface area contributed by atoms with Gasteiger partial charge in [0.05, 0.1) is 12.3 Å². The SMILES string of the molecule is Cc1cnccc1NS(=O)(=O)c1cc(CO)ccc1Br. The minimum Gasteiger partial charge on any atom is -0.392 e. The molecule has 0 fully saturated rings. The normalized spacial score (nSPS) is 11.3. The summed E-state index contributed by atoms with van der Waals surface area (Å²) in [5, 5.41) is 9.11. The monoisotopic (exact) mass is 356 g/mol. The summed E-state index contributed by atoms with van der Waals surface area (Å²) in [4.78, 5) is 4.00. The number of aliphatic hydroxyl groups excluding tert-OH is 1. The highest BCUT2D eigenvalue weighted by Crippen LogP contribution is 2.26. The molecule has 2 aromatic rings. The second-order valence-corrected chi connectivity index (χ2v) is 6.72. The number of hydrogen-bond donors (Lipinski definition) is 2. The van der Waals surface area contributed by atoms with E-state index >= 15 is 0 Å². The number of anilines is 1. The van der Waals surface area contributed by atoms with Crippen LogP contribution in [0.3, 0.4) is 0 Å². The lowest BCUT2D eigenvalue weighted by Gasteiger charge is -2.12. The highest BCUT2D eigenvalue weighted by molar-refractivity contribution is 9.10. The summed E-state index contributed by atoms with van der Waals surface area (Å²) in [5.41, 5.74) is 1.73. The van der Waals surface area contributed by atoms with Crippen molar-refractivity contribution in [3.05, 3.63) is 52.3 Å². The van der Waals surface area contributed by atoms with E-state index in [0.717, 1.165) is 5.56 Å². The van der Waals surface area contributed by atoms with E-state index in [9.17, 15) is 8.42 Å². The summed E-state index contributed by atoms with van der Waals surface area (Å²) in [6.45, 7) is 1.55. The molecule has 0 aliphatic carbocycles. The van der Waals surface area contributed by atoms with E-state index in [1.807, 2.05) is 0 Å². The molecule has 106 valence electrons. The third-order valence-corrected chi connectivity index (χ3v) is 5.09. The van der Waals surface area contributed by atoms with Gasteiger partial charge in [0, 0.05) is 16.9 Å². The first-order valence-electron chi connectivity index (χ1n) is 5.77. The number of aryl methyl sites for hydroxylation is 1. The summed E-state index contributed by atoms with van der Waals surface area (Å²) in [7, 11) is -3.73. The summed E-state index contributed by atoms with van der Waals surface area (Å²) in [6, 6.07) is 6.28. The standard InChI is InChI=1S/C13H13BrN2O3S/c1-9-7-15-5-4-12(9)16-20(18,19)13-6-10(8-17)2-3-11(13)14/h2-7,17H,8H2,1H3,(H,15,16). The Bertz CT molecular complexity index is 732. The van der Waals surface area contributed by atoms with Crippen LogP contribution >= 0.6 is 15.9 Å². The van der Waals surface area contributed by atoms with E-state index in [2.05, 4.69) is 25.6 Å². The van der Waals surface area contributed by atoms with Crippen molar-refractivity contribution in [1.82, 2.24) is 4.98 Å². The van der Waals surface area contributed by atoms with Crippen LogP contribution in [-0.2, 0) is 16.6 Å². The Hall–Kier alpha value is -1.44. The first kappa shape index (κ1) is 15.0. The molecule has 5 nitrogen and oxygen atoms in total. The molecule has 2 N–H and O–H groups in total. The molecule has 0 bridgehead atoms. The molecule has 1 aromatic heterocycles. The third-order valence-electron chi connectivity index (χ3n) is 2.73. The summed E-state index contributed by atoms with van der Waals surface area (Å²) < 4.78 is 27.8. The van der Waals surface area contributed by atoms with E-state index in [1.54, 1.807) is 31.3 Å². The molecule has 20 heavy (non-hydrogen) atoms. The fourth-order valence-corrected chi connectivity index (χ4v) is 3.79. The van der Waals surface area contributed by atoms with Gasteiger partial charge in [-0.3, -0.25) is 9.71 Å². The van der Waals surface area contributed by atoms with Gasteiger partial charge in [0.2, 0.25) is 0 Å². The van der Waals surface area contributed by atoms with Gasteiger partial charge in [-0.25, -0.2) is 8.42 Å². The third kappa shape index (κ3) is 3.17. The van der Waals surface area contributed by atoms with Crippen LogP contribution in [0.4, 0.5) is 5.69 Å². The highest BCUT2D eigenvalue weighted by Gasteiger charge is 2.19. The van der Waals surface area contributed by atoms with Gasteiger partial charge in [0.25, 0.3) is 10.0 Å². The maximum Gasteiger partial charge on any atom is 0.263 e. The topological polar surface area (TPSA) is 79.3 Å². The van der Waals surface area contributed by atoms with E-state index in [4.69, 9.17) is 5.11 Å². The largest absolute Gasteiger partial charge is 0.392 e. The van der Waals surface area contributed by atoms with Gasteiger partial charge >= 0.3 is 0 Å². The molecule has 0 aliphatic heterocycles. The van der Waals surface area contributed by atoms with Crippen molar-refractivity contribution in [2.75, 3.05) is 4.72 Å². The Morgan fingerprint density at radius 1 is 1.35 bits per heavy atom. The number of halogens is 1. The fraction of sp³-hybridized carbons (Fsp3) is 0.154. The van der Waals surface area contributed by atoms with Crippen LogP contribution in [-0.4, -0.2) is 18.5 Å². The minimum atomic E-state index is -3.73. The summed E-state index contributed by atoms with van der Waals surface area (Å²) in [6.07, 6.45) is 3.10. The second-order valence-electron chi connectivity index (χ2n) is 4.22. The zero-order valence-corrected chi connectivity index (χ0v) is 13.1. The number of aliphatic hydroxyl groups is 1. The minimum absolute atomic E-state index is 0.0836. The lowest BCUT2D eigenvalue weighted by Crippen LogP contribution is -2.14. The summed E-state index contributed by atoms with van der Waals surface area (Å²) in [5.74, 6) is 0. The maximum absolute atomic E-state index is 12.4. The van der Waals surface area contributed by atoms with Crippen molar-refractivity contribution < 1.29 is 13.5 Å². The molecule has 7 heteroatoms. The molecule has 0 unspecified atom stereocenters. The lowest BCUT2D eigenvalue weighted by molar-refractivity contribution is 0.281. The quantitative estimate of drug-likeness (QED) is 0.881. The molecule has 1 aromatic carbocycles. The van der Waals surface area contributed by atoms with Gasteiger partial charge in [-0.15, -0.1) is 0 Å². The average Bonchev–Trinajstić information content (AvgIpc) is 2.41. The van der Waals surface area contributed by atoms with Crippen LogP contribution in [0.2, 0.25) is 0 Å². The van der Waals surface area contributed by atoms with Gasteiger partial charge in [-0.2, -0.15) is 0 Å². The Labute approximate surface area is 125 Å². The van der Waals surface area contributed by atoms with Crippen molar-refractivity contribution in [2.24, 2.45) is 0 Å². The smallest absolute Gasteiger partial charge is 0.263 e. The van der Waals surface area contributed by atoms with E-state index in [1.165, 1.54) is 12.3 Å². The first-order valence-corrected chi connectivity index (χ1v) is 8.04. The van der Waals surface area contributed by atoms with Crippen LogP contribution in [0.15, 0.2) is 46.0 Å². The van der Waals surface area contributed by atoms with Crippen molar-refractivity contribution in [1.29, 1.82) is 0 Å². The van der Waals surface area contributed by atoms with E-state index < -0.39 is 10.0 Å². The maximum atomic E-state index is 12.4. The molecule has 2 rings (SSSR count). The Kier molecular flexibility index (Phi) is 4.42. The molecule has 0 saturated carbocycles. The second kappa shape index (κ2) is 5.90. The number of hydrogen-bond acceptors (Lipinski definition) is 4. The van der Waals surface area contributed by atoms with Crippen LogP contribution in [0, 0.1) is 6.92 Å². The molecule has 0 spiro atoms. The average molecular weight is 357 g/mol. The van der Waals surface area contributed by atoms with Crippen molar-refractivity contribution in [3.63, 3.8) is 0 Å². The predicted molar refractivity (Wildman–Crippen MR) is 79.8 cm³/mol. The van der Waals surface area contributed by atoms with Crippen molar-refractivity contribution >= 4 is 31.6 Å². The number of pyridine rings is 1. The first-order chi connectivity index (χ1) is 9.44. The van der Waals surface area contributed by atoms with Crippen molar-refractivity contribution in [3.8, 4) is 0 Å². The molecular formula is C13H13BrN2O3S. The zero-order valence-electron chi connectivity index (χ0n) is 10.7. The van der Waals surface area contributed by atoms with Gasteiger partial charge in [-0.05, 0) is 52.2 Å². The number of aromatic nitrogens is 1. The zero-order chi connectivity index (χ0) is 14.8. The predicted octanol–water partition coefficient (Wildman–Crippen LogP) is 2.45. The highest BCUT2D eigenvalue weighted by atomic mass is 79.9. The van der Waals surface area contributed by atoms with E-state index in [0.29, 0.717) is 15.7 Å². The van der Waals surface area contributed by atoms with Gasteiger partial charge in [-0.1, -0.05) is 6.07 Å². The number of nitrogens with zero attached hydrogens (tertiary/aromatic N) is 1. The van der Waals surface area contributed by atoms with Gasteiger partial charge in [0.1, 0.15) is 4.90 Å². The number of rotatable bonds is 4. The van der Waals surface area contributed by atoms with Crippen molar-refractivity contribution in [2.45, 2.75) is 18.4 Å². The Morgan fingerprint density at radius 3 is 2.75 bits per heavy atom. The molecule has 0 radical (unpaired) electrons. The molecular weight excluding hydrogens is 344 g/mol. The summed E-state index contributed by atoms with van der Waals surface area (Å²) >= 11 is 3.21. The molecule has 1 heterocycles. The van der Waals surface area contributed by atoms with Gasteiger partial charge in [0.15, 0.2) is 0 Å².